The van der Waals surface area contributed by atoms with Gasteiger partial charge in [-0.3, -0.25) is 0 Å². The van der Waals surface area contributed by atoms with Crippen LogP contribution in [-0.4, -0.2) is 13.1 Å². The van der Waals surface area contributed by atoms with Gasteiger partial charge in [0.2, 0.25) is 0 Å². The van der Waals surface area contributed by atoms with E-state index in [9.17, 15) is 10.1 Å². The summed E-state index contributed by atoms with van der Waals surface area (Å²) in [5, 5.41) is 9.68. The number of carbonyl (C=O) groups excluding carboxylic acids is 1. The van der Waals surface area contributed by atoms with Gasteiger partial charge in [0, 0.05) is 17.8 Å². The predicted molar refractivity (Wildman–Crippen MR) is 125 cm³/mol. The highest BCUT2D eigenvalue weighted by Gasteiger charge is 2.43. The van der Waals surface area contributed by atoms with Crippen LogP contribution in [-0.2, 0) is 9.53 Å². The van der Waals surface area contributed by atoms with Gasteiger partial charge in [0.1, 0.15) is 11.6 Å². The van der Waals surface area contributed by atoms with Crippen molar-refractivity contribution in [3.05, 3.63) is 125 Å². The SMILES string of the molecule is COC(=O)/C(C#N)=C1\C=C[C@H]2C=C[C@@H]1[C@@H]1C=CC(=C(c3ccccc3)c3ccccc3)[C@H]21. The minimum atomic E-state index is -0.575. The number of ether oxygens (including phenoxy) is 1. The highest BCUT2D eigenvalue weighted by Crippen LogP contribution is 2.52. The zero-order valence-electron chi connectivity index (χ0n) is 17.8. The molecule has 2 aromatic carbocycles. The number of rotatable bonds is 3. The Kier molecular flexibility index (Phi) is 5.21. The van der Waals surface area contributed by atoms with Crippen LogP contribution in [0.25, 0.3) is 5.57 Å². The Bertz CT molecular complexity index is 1200. The van der Waals surface area contributed by atoms with Crippen molar-refractivity contribution >= 4 is 11.5 Å². The second-order valence-corrected chi connectivity index (χ2v) is 8.31. The van der Waals surface area contributed by atoms with Gasteiger partial charge < -0.3 is 4.74 Å². The molecule has 0 fully saturated rings. The summed E-state index contributed by atoms with van der Waals surface area (Å²) in [6, 6.07) is 23.1. The number of methoxy groups -OCH3 is 1. The maximum Gasteiger partial charge on any atom is 0.348 e. The zero-order valence-corrected chi connectivity index (χ0v) is 17.8. The van der Waals surface area contributed by atoms with E-state index < -0.39 is 5.97 Å². The van der Waals surface area contributed by atoms with Gasteiger partial charge >= 0.3 is 5.97 Å². The van der Waals surface area contributed by atoms with Crippen LogP contribution in [0.4, 0.5) is 0 Å². The molecule has 0 spiro atoms. The molecule has 4 aliphatic carbocycles. The topological polar surface area (TPSA) is 50.1 Å². The molecule has 6 rings (SSSR count). The Morgan fingerprint density at radius 1 is 0.844 bits per heavy atom. The number of allylic oxidation sites excluding steroid dienone is 8. The van der Waals surface area contributed by atoms with Crippen molar-refractivity contribution < 1.29 is 9.53 Å². The largest absolute Gasteiger partial charge is 0.465 e. The minimum Gasteiger partial charge on any atom is -0.465 e. The number of hydrogen-bond acceptors (Lipinski definition) is 3. The standard InChI is InChI=1S/C29H23NO2/c1-32-29(31)26(18-30)23-15-13-21-12-14-22(23)24-16-17-25(28(21)24)27(19-8-4-2-5-9-19)20-10-6-3-7-11-20/h2-17,21-22,24,28H,1H3/b26-23+/t21-,22+,24+,28-/m1/s1. The van der Waals surface area contributed by atoms with Crippen LogP contribution in [0.1, 0.15) is 11.1 Å². The van der Waals surface area contributed by atoms with E-state index >= 15 is 0 Å². The fourth-order valence-corrected chi connectivity index (χ4v) is 5.32. The molecule has 0 aliphatic heterocycles. The number of carbonyl (C=O) groups is 1. The number of nitriles is 1. The van der Waals surface area contributed by atoms with Gasteiger partial charge in [-0.2, -0.15) is 5.26 Å². The van der Waals surface area contributed by atoms with Crippen molar-refractivity contribution in [3.8, 4) is 6.07 Å². The summed E-state index contributed by atoms with van der Waals surface area (Å²) >= 11 is 0. The third kappa shape index (κ3) is 3.25. The first-order chi connectivity index (χ1) is 15.7. The van der Waals surface area contributed by atoms with Gasteiger partial charge in [0.05, 0.1) is 7.11 Å². The van der Waals surface area contributed by atoms with Crippen LogP contribution in [0, 0.1) is 35.0 Å². The number of hydrogen-bond donors (Lipinski definition) is 0. The lowest BCUT2D eigenvalue weighted by Crippen LogP contribution is -2.28. The van der Waals surface area contributed by atoms with Gasteiger partial charge in [0.25, 0.3) is 0 Å². The number of nitrogens with zero attached hydrogens (tertiary/aromatic N) is 1. The summed E-state index contributed by atoms with van der Waals surface area (Å²) in [5.41, 5.74) is 5.76. The molecule has 3 nitrogen and oxygen atoms in total. The Balaban J connectivity index is 1.68. The first kappa shape index (κ1) is 20.0. The Morgan fingerprint density at radius 2 is 1.47 bits per heavy atom. The molecule has 3 heteroatoms. The second kappa shape index (κ2) is 8.32. The molecule has 0 heterocycles. The van der Waals surface area contributed by atoms with Gasteiger partial charge in [-0.1, -0.05) is 97.1 Å². The van der Waals surface area contributed by atoms with E-state index in [1.54, 1.807) is 0 Å². The Labute approximate surface area is 188 Å². The highest BCUT2D eigenvalue weighted by molar-refractivity contribution is 5.94. The Hall–Kier alpha value is -3.90. The molecule has 0 amide bonds. The fourth-order valence-electron chi connectivity index (χ4n) is 5.32. The molecule has 4 atom stereocenters. The average Bonchev–Trinajstić information content (AvgIpc) is 3.10. The summed E-state index contributed by atoms with van der Waals surface area (Å²) in [4.78, 5) is 12.3. The second-order valence-electron chi connectivity index (χ2n) is 8.31. The maximum absolute atomic E-state index is 12.3. The van der Waals surface area contributed by atoms with Crippen LogP contribution >= 0.6 is 0 Å². The average molecular weight is 418 g/mol. The third-order valence-corrected chi connectivity index (χ3v) is 6.70. The molecule has 0 radical (unpaired) electrons. The molecular weight excluding hydrogens is 394 g/mol. The normalized spacial score (nSPS) is 26.3. The molecule has 156 valence electrons. The lowest BCUT2D eigenvalue weighted by molar-refractivity contribution is -0.135. The number of fused-ring (bicyclic) bond motifs is 1. The molecule has 0 N–H and O–H groups in total. The summed E-state index contributed by atoms with van der Waals surface area (Å²) in [7, 11) is 1.32. The third-order valence-electron chi connectivity index (χ3n) is 6.70. The van der Waals surface area contributed by atoms with Crippen LogP contribution in [0.5, 0.6) is 0 Å². The van der Waals surface area contributed by atoms with Crippen LogP contribution in [0.3, 0.4) is 0 Å². The smallest absolute Gasteiger partial charge is 0.348 e. The molecule has 0 unspecified atom stereocenters. The van der Waals surface area contributed by atoms with Gasteiger partial charge in [-0.25, -0.2) is 4.79 Å². The van der Waals surface area contributed by atoms with Crippen molar-refractivity contribution in [2.45, 2.75) is 0 Å². The van der Waals surface area contributed by atoms with E-state index in [1.807, 2.05) is 18.2 Å². The lowest BCUT2D eigenvalue weighted by Gasteiger charge is -2.34. The minimum absolute atomic E-state index is 0.0368. The molecule has 0 saturated heterocycles. The van der Waals surface area contributed by atoms with Crippen LogP contribution in [0.15, 0.2) is 114 Å². The zero-order chi connectivity index (χ0) is 22.1. The highest BCUT2D eigenvalue weighted by atomic mass is 16.5. The summed E-state index contributed by atoms with van der Waals surface area (Å²) < 4.78 is 4.89. The molecule has 32 heavy (non-hydrogen) atoms. The molecule has 2 aromatic rings. The number of esters is 1. The molecule has 0 saturated carbocycles. The quantitative estimate of drug-likeness (QED) is 0.280. The van der Waals surface area contributed by atoms with Crippen molar-refractivity contribution in [2.24, 2.45) is 23.7 Å². The van der Waals surface area contributed by atoms with E-state index in [-0.39, 0.29) is 29.2 Å². The van der Waals surface area contributed by atoms with E-state index in [4.69, 9.17) is 4.74 Å². The van der Waals surface area contributed by atoms with Crippen molar-refractivity contribution in [1.29, 1.82) is 5.26 Å². The summed E-state index contributed by atoms with van der Waals surface area (Å²) in [6.45, 7) is 0. The number of benzene rings is 2. The maximum atomic E-state index is 12.3. The molecular formula is C29H23NO2. The fraction of sp³-hybridized carbons (Fsp3) is 0.172. The van der Waals surface area contributed by atoms with Crippen LogP contribution < -0.4 is 0 Å². The van der Waals surface area contributed by atoms with E-state index in [0.29, 0.717) is 0 Å². The summed E-state index contributed by atoms with van der Waals surface area (Å²) in [6.07, 6.45) is 13.0. The first-order valence-electron chi connectivity index (χ1n) is 10.8. The predicted octanol–water partition coefficient (Wildman–Crippen LogP) is 5.66. The van der Waals surface area contributed by atoms with Gasteiger partial charge in [0.15, 0.2) is 0 Å². The van der Waals surface area contributed by atoms with Crippen molar-refractivity contribution in [1.82, 2.24) is 0 Å². The lowest BCUT2D eigenvalue weighted by atomic mass is 9.69. The monoisotopic (exact) mass is 417 g/mol. The van der Waals surface area contributed by atoms with E-state index in [1.165, 1.54) is 29.4 Å². The van der Waals surface area contributed by atoms with Gasteiger partial charge in [-0.05, 0) is 33.8 Å². The molecule has 4 aliphatic rings. The van der Waals surface area contributed by atoms with E-state index in [2.05, 4.69) is 85.0 Å². The Morgan fingerprint density at radius 3 is 2.06 bits per heavy atom. The first-order valence-corrected chi connectivity index (χ1v) is 10.8. The summed E-state index contributed by atoms with van der Waals surface area (Å²) in [5.74, 6) is 0.00527. The molecule has 2 bridgehead atoms. The van der Waals surface area contributed by atoms with Gasteiger partial charge in [-0.15, -0.1) is 0 Å². The molecule has 0 aromatic heterocycles. The van der Waals surface area contributed by atoms with Crippen molar-refractivity contribution in [2.75, 3.05) is 7.11 Å². The van der Waals surface area contributed by atoms with Crippen molar-refractivity contribution in [3.63, 3.8) is 0 Å². The van der Waals surface area contributed by atoms with Crippen LogP contribution in [0.2, 0.25) is 0 Å². The van der Waals surface area contributed by atoms with E-state index in [0.717, 1.165) is 5.57 Å².